The molecule has 2 aromatic rings. The molecule has 76 valence electrons. The second kappa shape index (κ2) is 4.14. The second-order valence-electron chi connectivity index (χ2n) is 3.09. The lowest BCUT2D eigenvalue weighted by Gasteiger charge is -2.09. The van der Waals surface area contributed by atoms with Gasteiger partial charge in [0.1, 0.15) is 18.2 Å². The first-order valence-corrected chi connectivity index (χ1v) is 4.47. The number of nitrogens with zero attached hydrogens (tertiary/aromatic N) is 2. The lowest BCUT2D eigenvalue weighted by molar-refractivity contribution is 0.214. The van der Waals surface area contributed by atoms with E-state index in [1.54, 1.807) is 18.2 Å². The zero-order valence-electron chi connectivity index (χ0n) is 7.84. The number of aliphatic hydroxyl groups is 1. The van der Waals surface area contributed by atoms with E-state index < -0.39 is 6.10 Å². The largest absolute Gasteiger partial charge is 0.382 e. The van der Waals surface area contributed by atoms with Crippen LogP contribution in [-0.2, 0) is 0 Å². The van der Waals surface area contributed by atoms with Gasteiger partial charge in [0.15, 0.2) is 0 Å². The van der Waals surface area contributed by atoms with Crippen molar-refractivity contribution in [3.63, 3.8) is 0 Å². The van der Waals surface area contributed by atoms with Gasteiger partial charge in [-0.25, -0.2) is 14.4 Å². The van der Waals surface area contributed by atoms with Gasteiger partial charge in [-0.3, -0.25) is 0 Å². The fourth-order valence-corrected chi connectivity index (χ4v) is 1.31. The maximum Gasteiger partial charge on any atom is 0.123 e. The van der Waals surface area contributed by atoms with Crippen molar-refractivity contribution in [2.75, 3.05) is 0 Å². The molecule has 0 radical (unpaired) electrons. The predicted octanol–water partition coefficient (Wildman–Crippen LogP) is 1.70. The van der Waals surface area contributed by atoms with Crippen molar-refractivity contribution in [2.45, 2.75) is 6.10 Å². The molecule has 0 saturated heterocycles. The Hall–Kier alpha value is -1.81. The number of aromatic nitrogens is 2. The summed E-state index contributed by atoms with van der Waals surface area (Å²) in [6.45, 7) is 0. The van der Waals surface area contributed by atoms with E-state index in [1.165, 1.54) is 24.7 Å². The van der Waals surface area contributed by atoms with Gasteiger partial charge in [-0.15, -0.1) is 0 Å². The Morgan fingerprint density at radius 3 is 2.80 bits per heavy atom. The fourth-order valence-electron chi connectivity index (χ4n) is 1.31. The molecule has 0 saturated carbocycles. The highest BCUT2D eigenvalue weighted by Crippen LogP contribution is 2.19. The maximum absolute atomic E-state index is 12.9. The van der Waals surface area contributed by atoms with Gasteiger partial charge in [0.25, 0.3) is 0 Å². The molecule has 0 bridgehead atoms. The van der Waals surface area contributed by atoms with Crippen LogP contribution < -0.4 is 0 Å². The van der Waals surface area contributed by atoms with Gasteiger partial charge in [0.2, 0.25) is 0 Å². The van der Waals surface area contributed by atoms with Crippen LogP contribution in [0.25, 0.3) is 0 Å². The molecule has 0 fully saturated rings. The van der Waals surface area contributed by atoms with Crippen LogP contribution in [0.15, 0.2) is 42.9 Å². The Balaban J connectivity index is 2.32. The average molecular weight is 204 g/mol. The zero-order valence-corrected chi connectivity index (χ0v) is 7.84. The van der Waals surface area contributed by atoms with E-state index in [2.05, 4.69) is 9.97 Å². The van der Waals surface area contributed by atoms with Gasteiger partial charge in [-0.2, -0.15) is 0 Å². The number of aliphatic hydroxyl groups excluding tert-OH is 1. The SMILES string of the molecule is OC(c1cccc(F)c1)c1ccncn1. The van der Waals surface area contributed by atoms with E-state index >= 15 is 0 Å². The molecule has 0 aliphatic rings. The van der Waals surface area contributed by atoms with Crippen LogP contribution in [0.2, 0.25) is 0 Å². The van der Waals surface area contributed by atoms with Gasteiger partial charge < -0.3 is 5.11 Å². The molecule has 15 heavy (non-hydrogen) atoms. The van der Waals surface area contributed by atoms with Crippen LogP contribution in [0, 0.1) is 5.82 Å². The molecule has 1 heterocycles. The first-order chi connectivity index (χ1) is 7.27. The summed E-state index contributed by atoms with van der Waals surface area (Å²) in [5.74, 6) is -0.374. The third kappa shape index (κ3) is 2.16. The first-order valence-electron chi connectivity index (χ1n) is 4.47. The molecule has 4 heteroatoms. The third-order valence-electron chi connectivity index (χ3n) is 2.05. The van der Waals surface area contributed by atoms with Crippen molar-refractivity contribution < 1.29 is 9.50 Å². The van der Waals surface area contributed by atoms with Crippen molar-refractivity contribution in [1.82, 2.24) is 9.97 Å². The van der Waals surface area contributed by atoms with E-state index in [-0.39, 0.29) is 5.82 Å². The van der Waals surface area contributed by atoms with E-state index in [1.807, 2.05) is 0 Å². The summed E-state index contributed by atoms with van der Waals surface area (Å²) in [7, 11) is 0. The van der Waals surface area contributed by atoms with E-state index in [0.29, 0.717) is 11.3 Å². The van der Waals surface area contributed by atoms with Gasteiger partial charge >= 0.3 is 0 Å². The van der Waals surface area contributed by atoms with Crippen LogP contribution >= 0.6 is 0 Å². The van der Waals surface area contributed by atoms with Crippen LogP contribution in [0.1, 0.15) is 17.4 Å². The Bertz CT molecular complexity index is 447. The van der Waals surface area contributed by atoms with Crippen molar-refractivity contribution in [3.05, 3.63) is 59.9 Å². The summed E-state index contributed by atoms with van der Waals surface area (Å²) >= 11 is 0. The maximum atomic E-state index is 12.9. The van der Waals surface area contributed by atoms with Crippen molar-refractivity contribution in [3.8, 4) is 0 Å². The molecule has 1 N–H and O–H groups in total. The normalized spacial score (nSPS) is 12.4. The topological polar surface area (TPSA) is 46.0 Å². The van der Waals surface area contributed by atoms with Gasteiger partial charge in [-0.1, -0.05) is 12.1 Å². The smallest absolute Gasteiger partial charge is 0.123 e. The first kappa shape index (κ1) is 9.73. The van der Waals surface area contributed by atoms with Crippen molar-refractivity contribution >= 4 is 0 Å². The summed E-state index contributed by atoms with van der Waals surface area (Å²) in [5, 5.41) is 9.86. The Kier molecular flexibility index (Phi) is 2.69. The highest BCUT2D eigenvalue weighted by molar-refractivity contribution is 5.25. The molecule has 0 spiro atoms. The van der Waals surface area contributed by atoms with Crippen LogP contribution in [0.4, 0.5) is 4.39 Å². The summed E-state index contributed by atoms with van der Waals surface area (Å²) in [5.41, 5.74) is 0.935. The monoisotopic (exact) mass is 204 g/mol. The minimum Gasteiger partial charge on any atom is -0.382 e. The molecule has 1 atom stereocenters. The minimum atomic E-state index is -0.913. The second-order valence-corrected chi connectivity index (χ2v) is 3.09. The van der Waals surface area contributed by atoms with Crippen LogP contribution in [0.5, 0.6) is 0 Å². The van der Waals surface area contributed by atoms with Crippen LogP contribution in [0.3, 0.4) is 0 Å². The standard InChI is InChI=1S/C11H9FN2O/c12-9-3-1-2-8(6-9)11(15)10-4-5-13-7-14-10/h1-7,11,15H. The Morgan fingerprint density at radius 2 is 2.13 bits per heavy atom. The molecule has 0 aliphatic heterocycles. The van der Waals surface area contributed by atoms with Crippen molar-refractivity contribution in [1.29, 1.82) is 0 Å². The molecule has 2 rings (SSSR count). The average Bonchev–Trinajstić information content (AvgIpc) is 2.29. The van der Waals surface area contributed by atoms with E-state index in [9.17, 15) is 9.50 Å². The number of hydrogen-bond acceptors (Lipinski definition) is 3. The quantitative estimate of drug-likeness (QED) is 0.809. The highest BCUT2D eigenvalue weighted by Gasteiger charge is 2.11. The highest BCUT2D eigenvalue weighted by atomic mass is 19.1. The third-order valence-corrected chi connectivity index (χ3v) is 2.05. The molecule has 3 nitrogen and oxygen atoms in total. The number of halogens is 1. The predicted molar refractivity (Wildman–Crippen MR) is 52.5 cm³/mol. The summed E-state index contributed by atoms with van der Waals surface area (Å²) in [4.78, 5) is 7.64. The minimum absolute atomic E-state index is 0.374. The van der Waals surface area contributed by atoms with Gasteiger partial charge in [0.05, 0.1) is 5.69 Å². The number of benzene rings is 1. The number of rotatable bonds is 2. The van der Waals surface area contributed by atoms with Crippen LogP contribution in [-0.4, -0.2) is 15.1 Å². The molecular formula is C11H9FN2O. The summed E-state index contributed by atoms with van der Waals surface area (Å²) in [6, 6.07) is 7.41. The molecule has 1 aromatic heterocycles. The zero-order chi connectivity index (χ0) is 10.7. The number of hydrogen-bond donors (Lipinski definition) is 1. The lowest BCUT2D eigenvalue weighted by atomic mass is 10.1. The van der Waals surface area contributed by atoms with Crippen molar-refractivity contribution in [2.24, 2.45) is 0 Å². The van der Waals surface area contributed by atoms with E-state index in [0.717, 1.165) is 0 Å². The molecule has 0 amide bonds. The Labute approximate surface area is 86.3 Å². The van der Waals surface area contributed by atoms with Gasteiger partial charge in [0, 0.05) is 6.20 Å². The molecule has 1 unspecified atom stereocenters. The molecule has 0 aliphatic carbocycles. The molecular weight excluding hydrogens is 195 g/mol. The Morgan fingerprint density at radius 1 is 1.27 bits per heavy atom. The van der Waals surface area contributed by atoms with Gasteiger partial charge in [-0.05, 0) is 23.8 Å². The lowest BCUT2D eigenvalue weighted by Crippen LogP contribution is -2.02. The van der Waals surface area contributed by atoms with E-state index in [4.69, 9.17) is 0 Å². The molecule has 1 aromatic carbocycles. The summed E-state index contributed by atoms with van der Waals surface area (Å²) < 4.78 is 12.9. The summed E-state index contributed by atoms with van der Waals surface area (Å²) in [6.07, 6.45) is 1.96. The fraction of sp³-hybridized carbons (Fsp3) is 0.0909.